The topological polar surface area (TPSA) is 43.8 Å². The van der Waals surface area contributed by atoms with Gasteiger partial charge in [-0.2, -0.15) is 0 Å². The van der Waals surface area contributed by atoms with Crippen molar-refractivity contribution in [2.45, 2.75) is 6.04 Å². The molecular formula is C12H16N2O2. The van der Waals surface area contributed by atoms with Crippen LogP contribution in [-0.2, 0) is 4.79 Å². The van der Waals surface area contributed by atoms with Crippen molar-refractivity contribution in [2.75, 3.05) is 32.1 Å². The average molecular weight is 220 g/mol. The van der Waals surface area contributed by atoms with Gasteiger partial charge in [0.25, 0.3) is 0 Å². The molecule has 0 saturated carbocycles. The second-order valence-corrected chi connectivity index (χ2v) is 4.20. The Kier molecular flexibility index (Phi) is 2.83. The second-order valence-electron chi connectivity index (χ2n) is 4.20. The van der Waals surface area contributed by atoms with Gasteiger partial charge in [-0.15, -0.1) is 0 Å². The molecule has 0 spiro atoms. The van der Waals surface area contributed by atoms with Gasteiger partial charge in [0.1, 0.15) is 6.04 Å². The van der Waals surface area contributed by atoms with Crippen molar-refractivity contribution in [1.82, 2.24) is 4.90 Å². The molecule has 1 heterocycles. The summed E-state index contributed by atoms with van der Waals surface area (Å²) in [5.74, 6) is -0.787. The Morgan fingerprint density at radius 3 is 2.69 bits per heavy atom. The van der Waals surface area contributed by atoms with E-state index in [1.165, 1.54) is 0 Å². The van der Waals surface area contributed by atoms with E-state index in [1.54, 1.807) is 0 Å². The molecule has 1 unspecified atom stereocenters. The van der Waals surface area contributed by atoms with Crippen molar-refractivity contribution < 1.29 is 9.90 Å². The number of carboxylic acid groups (broad SMARTS) is 1. The number of carbonyl (C=O) groups is 1. The lowest BCUT2D eigenvalue weighted by Crippen LogP contribution is -2.32. The van der Waals surface area contributed by atoms with Crippen LogP contribution < -0.4 is 4.90 Å². The van der Waals surface area contributed by atoms with Crippen LogP contribution in [0.1, 0.15) is 11.6 Å². The van der Waals surface area contributed by atoms with Crippen molar-refractivity contribution in [3.05, 3.63) is 29.8 Å². The highest BCUT2D eigenvalue weighted by atomic mass is 16.4. The number of likely N-dealkylation sites (N-methyl/N-ethyl adjacent to an activating group) is 2. The molecule has 1 aromatic carbocycles. The van der Waals surface area contributed by atoms with Gasteiger partial charge in [-0.1, -0.05) is 18.2 Å². The zero-order valence-corrected chi connectivity index (χ0v) is 9.55. The monoisotopic (exact) mass is 220 g/mol. The maximum absolute atomic E-state index is 11.3. The van der Waals surface area contributed by atoms with E-state index in [9.17, 15) is 9.90 Å². The van der Waals surface area contributed by atoms with Gasteiger partial charge < -0.3 is 10.0 Å². The quantitative estimate of drug-likeness (QED) is 0.772. The Morgan fingerprint density at radius 2 is 2.00 bits per heavy atom. The molecule has 16 heavy (non-hydrogen) atoms. The minimum Gasteiger partial charge on any atom is -0.480 e. The normalized spacial score (nSPS) is 21.4. The maximum atomic E-state index is 11.3. The lowest BCUT2D eigenvalue weighted by Gasteiger charge is -2.22. The maximum Gasteiger partial charge on any atom is 0.325 e. The van der Waals surface area contributed by atoms with Crippen LogP contribution in [0.4, 0.5) is 5.69 Å². The van der Waals surface area contributed by atoms with E-state index in [0.29, 0.717) is 0 Å². The summed E-state index contributed by atoms with van der Waals surface area (Å²) >= 11 is 0. The number of para-hydroxylation sites is 1. The van der Waals surface area contributed by atoms with Gasteiger partial charge in [0, 0.05) is 31.4 Å². The van der Waals surface area contributed by atoms with Gasteiger partial charge in [0.2, 0.25) is 0 Å². The zero-order chi connectivity index (χ0) is 11.7. The fourth-order valence-corrected chi connectivity index (χ4v) is 2.18. The number of benzene rings is 1. The highest BCUT2D eigenvalue weighted by Gasteiger charge is 2.30. The lowest BCUT2D eigenvalue weighted by molar-refractivity contribution is -0.142. The number of nitrogens with zero attached hydrogens (tertiary/aromatic N) is 2. The van der Waals surface area contributed by atoms with Crippen LogP contribution in [0.25, 0.3) is 0 Å². The number of hydrogen-bond acceptors (Lipinski definition) is 3. The van der Waals surface area contributed by atoms with E-state index in [4.69, 9.17) is 0 Å². The van der Waals surface area contributed by atoms with Crippen LogP contribution in [0, 0.1) is 0 Å². The first-order valence-electron chi connectivity index (χ1n) is 5.34. The molecule has 1 aliphatic rings. The molecule has 0 radical (unpaired) electrons. The predicted molar refractivity (Wildman–Crippen MR) is 62.7 cm³/mol. The third-order valence-corrected chi connectivity index (χ3v) is 3.11. The molecule has 1 N–H and O–H groups in total. The SMILES string of the molecule is CN1CCN(C)C(C(=O)O)c2ccccc21. The molecule has 4 nitrogen and oxygen atoms in total. The summed E-state index contributed by atoms with van der Waals surface area (Å²) in [6.45, 7) is 1.60. The van der Waals surface area contributed by atoms with Gasteiger partial charge in [-0.25, -0.2) is 0 Å². The van der Waals surface area contributed by atoms with Crippen LogP contribution in [0.15, 0.2) is 24.3 Å². The van der Waals surface area contributed by atoms with Crippen molar-refractivity contribution in [3.63, 3.8) is 0 Å². The highest BCUT2D eigenvalue weighted by Crippen LogP contribution is 2.31. The third kappa shape index (κ3) is 1.76. The highest BCUT2D eigenvalue weighted by molar-refractivity contribution is 5.79. The molecular weight excluding hydrogens is 204 g/mol. The minimum absolute atomic E-state index is 0.541. The van der Waals surface area contributed by atoms with Crippen molar-refractivity contribution in [3.8, 4) is 0 Å². The molecule has 4 heteroatoms. The Labute approximate surface area is 95.1 Å². The van der Waals surface area contributed by atoms with Crippen molar-refractivity contribution in [1.29, 1.82) is 0 Å². The molecule has 2 rings (SSSR count). The second kappa shape index (κ2) is 4.14. The summed E-state index contributed by atoms with van der Waals surface area (Å²) in [5, 5.41) is 9.31. The largest absolute Gasteiger partial charge is 0.480 e. The Bertz CT molecular complexity index is 406. The van der Waals surface area contributed by atoms with Crippen molar-refractivity contribution in [2.24, 2.45) is 0 Å². The first-order chi connectivity index (χ1) is 7.61. The lowest BCUT2D eigenvalue weighted by atomic mass is 10.0. The Hall–Kier alpha value is -1.55. The average Bonchev–Trinajstić information content (AvgIpc) is 2.37. The number of fused-ring (bicyclic) bond motifs is 1. The van der Waals surface area contributed by atoms with E-state index >= 15 is 0 Å². The van der Waals surface area contributed by atoms with E-state index in [-0.39, 0.29) is 0 Å². The first-order valence-corrected chi connectivity index (χ1v) is 5.34. The fraction of sp³-hybridized carbons (Fsp3) is 0.417. The van der Waals surface area contributed by atoms with Crippen LogP contribution in [0.2, 0.25) is 0 Å². The summed E-state index contributed by atoms with van der Waals surface area (Å²) in [4.78, 5) is 15.3. The van der Waals surface area contributed by atoms with Gasteiger partial charge in [0.05, 0.1) is 0 Å². The summed E-state index contributed by atoms with van der Waals surface area (Å²) < 4.78 is 0. The first kappa shape index (κ1) is 11.0. The molecule has 0 amide bonds. The smallest absolute Gasteiger partial charge is 0.325 e. The minimum atomic E-state index is -0.787. The molecule has 0 aromatic heterocycles. The fourth-order valence-electron chi connectivity index (χ4n) is 2.18. The molecule has 1 aromatic rings. The molecule has 0 bridgehead atoms. The van der Waals surface area contributed by atoms with E-state index in [0.717, 1.165) is 24.3 Å². The summed E-state index contributed by atoms with van der Waals surface area (Å²) in [7, 11) is 3.85. The Morgan fingerprint density at radius 1 is 1.31 bits per heavy atom. The van der Waals surface area contributed by atoms with Gasteiger partial charge in [0.15, 0.2) is 0 Å². The standard InChI is InChI=1S/C12H16N2O2/c1-13-7-8-14(2)11(12(15)16)9-5-3-4-6-10(9)13/h3-6,11H,7-8H2,1-2H3,(H,15,16). The van der Waals surface area contributed by atoms with Gasteiger partial charge >= 0.3 is 5.97 Å². The van der Waals surface area contributed by atoms with Crippen LogP contribution >= 0.6 is 0 Å². The van der Waals surface area contributed by atoms with Crippen LogP contribution in [0.5, 0.6) is 0 Å². The van der Waals surface area contributed by atoms with Gasteiger partial charge in [-0.05, 0) is 13.1 Å². The number of anilines is 1. The number of hydrogen-bond donors (Lipinski definition) is 1. The summed E-state index contributed by atoms with van der Waals surface area (Å²) in [6, 6.07) is 7.17. The molecule has 0 aliphatic carbocycles. The zero-order valence-electron chi connectivity index (χ0n) is 9.55. The Balaban J connectivity index is 2.52. The molecule has 0 fully saturated rings. The van der Waals surface area contributed by atoms with Crippen LogP contribution in [-0.4, -0.2) is 43.2 Å². The number of carboxylic acids is 1. The van der Waals surface area contributed by atoms with E-state index in [2.05, 4.69) is 4.90 Å². The number of aliphatic carboxylic acids is 1. The van der Waals surface area contributed by atoms with E-state index in [1.807, 2.05) is 43.3 Å². The molecule has 0 saturated heterocycles. The summed E-state index contributed by atoms with van der Waals surface area (Å²) in [6.07, 6.45) is 0. The molecule has 1 atom stereocenters. The summed E-state index contributed by atoms with van der Waals surface area (Å²) in [5.41, 5.74) is 1.89. The predicted octanol–water partition coefficient (Wildman–Crippen LogP) is 1.19. The van der Waals surface area contributed by atoms with Gasteiger partial charge in [-0.3, -0.25) is 9.69 Å². The van der Waals surface area contributed by atoms with E-state index < -0.39 is 12.0 Å². The van der Waals surface area contributed by atoms with Crippen LogP contribution in [0.3, 0.4) is 0 Å². The molecule has 1 aliphatic heterocycles. The molecule has 86 valence electrons. The third-order valence-electron chi connectivity index (χ3n) is 3.11. The van der Waals surface area contributed by atoms with Crippen molar-refractivity contribution >= 4 is 11.7 Å². The number of rotatable bonds is 1.